The lowest BCUT2D eigenvalue weighted by Gasteiger charge is -2.45. The first-order valence-corrected chi connectivity index (χ1v) is 13.0. The Morgan fingerprint density at radius 3 is 1.14 bits per heavy atom. The molecule has 0 bridgehead atoms. The first-order valence-electron chi connectivity index (χ1n) is 13.0. The average molecular weight is 397 g/mol. The third kappa shape index (κ3) is 11.2. The summed E-state index contributed by atoms with van der Waals surface area (Å²) in [5, 5.41) is 11.4. The second kappa shape index (κ2) is 16.7. The molecule has 1 N–H and O–H groups in total. The van der Waals surface area contributed by atoms with Crippen molar-refractivity contribution in [2.75, 3.05) is 0 Å². The molecule has 1 heteroatoms. The molecule has 0 amide bonds. The molecular formula is C27H56O. The first kappa shape index (κ1) is 28.0. The molecule has 0 saturated carbocycles. The molecule has 0 aromatic carbocycles. The van der Waals surface area contributed by atoms with E-state index >= 15 is 0 Å². The van der Waals surface area contributed by atoms with Crippen LogP contribution in [0.5, 0.6) is 0 Å². The van der Waals surface area contributed by atoms with Crippen LogP contribution in [0.15, 0.2) is 0 Å². The topological polar surface area (TPSA) is 20.2 Å². The fourth-order valence-corrected chi connectivity index (χ4v) is 5.18. The molecule has 0 aromatic heterocycles. The Bertz CT molecular complexity index is 323. The SMILES string of the molecule is CCCCCCCCCCCCCCCCC(C(C)C)C(O)(C(C)C)C(C)C. The first-order chi connectivity index (χ1) is 13.3. The van der Waals surface area contributed by atoms with Crippen LogP contribution in [0.3, 0.4) is 0 Å². The van der Waals surface area contributed by atoms with Crippen molar-refractivity contribution >= 4 is 0 Å². The predicted octanol–water partition coefficient (Wildman–Crippen LogP) is 9.17. The van der Waals surface area contributed by atoms with Gasteiger partial charge in [-0.3, -0.25) is 0 Å². The van der Waals surface area contributed by atoms with E-state index in [1.54, 1.807) is 0 Å². The second-order valence-electron chi connectivity index (χ2n) is 10.4. The van der Waals surface area contributed by atoms with Crippen LogP contribution in [0.25, 0.3) is 0 Å². The fourth-order valence-electron chi connectivity index (χ4n) is 5.18. The van der Waals surface area contributed by atoms with Gasteiger partial charge in [-0.2, -0.15) is 0 Å². The van der Waals surface area contributed by atoms with Gasteiger partial charge >= 0.3 is 0 Å². The quantitative estimate of drug-likeness (QED) is 0.216. The van der Waals surface area contributed by atoms with Crippen molar-refractivity contribution < 1.29 is 5.11 Å². The lowest BCUT2D eigenvalue weighted by molar-refractivity contribution is -0.113. The van der Waals surface area contributed by atoms with Gasteiger partial charge in [0, 0.05) is 0 Å². The lowest BCUT2D eigenvalue weighted by Crippen LogP contribution is -2.49. The van der Waals surface area contributed by atoms with E-state index in [0.29, 0.717) is 23.7 Å². The number of hydrogen-bond acceptors (Lipinski definition) is 1. The number of aliphatic hydroxyl groups is 1. The molecule has 0 rings (SSSR count). The van der Waals surface area contributed by atoms with Gasteiger partial charge in [-0.05, 0) is 30.1 Å². The summed E-state index contributed by atoms with van der Waals surface area (Å²) in [6.45, 7) is 15.7. The van der Waals surface area contributed by atoms with E-state index in [9.17, 15) is 5.11 Å². The second-order valence-corrected chi connectivity index (χ2v) is 10.4. The maximum absolute atomic E-state index is 11.4. The molecular weight excluding hydrogens is 340 g/mol. The van der Waals surface area contributed by atoms with Crippen LogP contribution in [-0.4, -0.2) is 10.7 Å². The van der Waals surface area contributed by atoms with Gasteiger partial charge in [0.25, 0.3) is 0 Å². The summed E-state index contributed by atoms with van der Waals surface area (Å²) in [5.74, 6) is 1.62. The highest BCUT2D eigenvalue weighted by molar-refractivity contribution is 4.93. The van der Waals surface area contributed by atoms with Gasteiger partial charge in [0.1, 0.15) is 0 Å². The predicted molar refractivity (Wildman–Crippen MR) is 128 cm³/mol. The van der Waals surface area contributed by atoms with Gasteiger partial charge in [-0.1, -0.05) is 138 Å². The monoisotopic (exact) mass is 396 g/mol. The highest BCUT2D eigenvalue weighted by atomic mass is 16.3. The zero-order chi connectivity index (χ0) is 21.4. The Morgan fingerprint density at radius 1 is 0.536 bits per heavy atom. The van der Waals surface area contributed by atoms with Gasteiger partial charge in [-0.25, -0.2) is 0 Å². The summed E-state index contributed by atoms with van der Waals surface area (Å²) in [6.07, 6.45) is 20.9. The Kier molecular flexibility index (Phi) is 16.7. The lowest BCUT2D eigenvalue weighted by atomic mass is 9.65. The zero-order valence-electron chi connectivity index (χ0n) is 20.9. The summed E-state index contributed by atoms with van der Waals surface area (Å²) in [4.78, 5) is 0. The fraction of sp³-hybridized carbons (Fsp3) is 1.00. The van der Waals surface area contributed by atoms with E-state index in [-0.39, 0.29) is 0 Å². The Morgan fingerprint density at radius 2 is 0.857 bits per heavy atom. The van der Waals surface area contributed by atoms with Crippen LogP contribution in [0.1, 0.15) is 145 Å². The van der Waals surface area contributed by atoms with E-state index in [1.807, 2.05) is 0 Å². The largest absolute Gasteiger partial charge is 0.389 e. The van der Waals surface area contributed by atoms with Crippen LogP contribution in [0.2, 0.25) is 0 Å². The standard InChI is InChI=1S/C27H56O/c1-8-9-10-11-12-13-14-15-16-17-18-19-20-21-22-26(23(2)3)27(28,24(4)5)25(6)7/h23-26,28H,8-22H2,1-7H3. The normalized spacial score (nSPS) is 13.8. The van der Waals surface area contributed by atoms with Crippen molar-refractivity contribution in [2.24, 2.45) is 23.7 Å². The molecule has 0 aromatic rings. The smallest absolute Gasteiger partial charge is 0.0723 e. The minimum absolute atomic E-state index is 0.326. The van der Waals surface area contributed by atoms with Crippen molar-refractivity contribution in [1.82, 2.24) is 0 Å². The minimum atomic E-state index is -0.523. The maximum atomic E-state index is 11.4. The molecule has 0 aliphatic heterocycles. The van der Waals surface area contributed by atoms with E-state index < -0.39 is 5.60 Å². The van der Waals surface area contributed by atoms with Gasteiger partial charge < -0.3 is 5.11 Å². The highest BCUT2D eigenvalue weighted by Gasteiger charge is 2.43. The molecule has 0 heterocycles. The van der Waals surface area contributed by atoms with E-state index in [2.05, 4.69) is 48.5 Å². The zero-order valence-corrected chi connectivity index (χ0v) is 20.9. The molecule has 0 saturated heterocycles. The summed E-state index contributed by atoms with van der Waals surface area (Å²) >= 11 is 0. The van der Waals surface area contributed by atoms with Crippen molar-refractivity contribution in [2.45, 2.75) is 150 Å². The molecule has 1 atom stereocenters. The minimum Gasteiger partial charge on any atom is -0.389 e. The van der Waals surface area contributed by atoms with Gasteiger partial charge in [0.2, 0.25) is 0 Å². The Hall–Kier alpha value is -0.0400. The van der Waals surface area contributed by atoms with Crippen LogP contribution < -0.4 is 0 Å². The summed E-state index contributed by atoms with van der Waals surface area (Å²) in [5.41, 5.74) is -0.523. The molecule has 0 radical (unpaired) electrons. The van der Waals surface area contributed by atoms with E-state index in [0.717, 1.165) is 0 Å². The van der Waals surface area contributed by atoms with Crippen LogP contribution in [0.4, 0.5) is 0 Å². The van der Waals surface area contributed by atoms with E-state index in [1.165, 1.54) is 96.3 Å². The van der Waals surface area contributed by atoms with Crippen LogP contribution >= 0.6 is 0 Å². The number of hydrogen-bond donors (Lipinski definition) is 1. The van der Waals surface area contributed by atoms with Crippen LogP contribution in [0, 0.1) is 23.7 Å². The summed E-state index contributed by atoms with van der Waals surface area (Å²) in [7, 11) is 0. The number of rotatable bonds is 19. The van der Waals surface area contributed by atoms with E-state index in [4.69, 9.17) is 0 Å². The van der Waals surface area contributed by atoms with Gasteiger partial charge in [-0.15, -0.1) is 0 Å². The maximum Gasteiger partial charge on any atom is 0.0723 e. The van der Waals surface area contributed by atoms with Crippen molar-refractivity contribution in [1.29, 1.82) is 0 Å². The van der Waals surface area contributed by atoms with Gasteiger partial charge in [0.15, 0.2) is 0 Å². The molecule has 0 aliphatic carbocycles. The molecule has 1 nitrogen and oxygen atoms in total. The highest BCUT2D eigenvalue weighted by Crippen LogP contribution is 2.40. The third-order valence-corrected chi connectivity index (χ3v) is 7.12. The van der Waals surface area contributed by atoms with Gasteiger partial charge in [0.05, 0.1) is 5.60 Å². The Balaban J connectivity index is 3.80. The summed E-state index contributed by atoms with van der Waals surface area (Å²) in [6, 6.07) is 0. The Labute approximate surface area is 179 Å². The van der Waals surface area contributed by atoms with Crippen molar-refractivity contribution in [3.63, 3.8) is 0 Å². The molecule has 1 unspecified atom stereocenters. The van der Waals surface area contributed by atoms with Crippen LogP contribution in [-0.2, 0) is 0 Å². The van der Waals surface area contributed by atoms with Crippen molar-refractivity contribution in [3.8, 4) is 0 Å². The molecule has 0 aliphatic rings. The van der Waals surface area contributed by atoms with Crippen molar-refractivity contribution in [3.05, 3.63) is 0 Å². The molecule has 0 fully saturated rings. The summed E-state index contributed by atoms with van der Waals surface area (Å²) < 4.78 is 0. The molecule has 0 spiro atoms. The average Bonchev–Trinajstić information content (AvgIpc) is 2.63. The number of unbranched alkanes of at least 4 members (excludes halogenated alkanes) is 13. The molecule has 170 valence electrons. The molecule has 28 heavy (non-hydrogen) atoms. The third-order valence-electron chi connectivity index (χ3n) is 7.12.